The van der Waals surface area contributed by atoms with E-state index < -0.39 is 17.7 Å². The van der Waals surface area contributed by atoms with Gasteiger partial charge < -0.3 is 14.8 Å². The van der Waals surface area contributed by atoms with Crippen molar-refractivity contribution in [1.82, 2.24) is 10.6 Å². The topological polar surface area (TPSA) is 76.7 Å². The number of carbonyl (C=O) groups is 2. The summed E-state index contributed by atoms with van der Waals surface area (Å²) in [5, 5.41) is 5.60. The SMILES string of the molecule is C#CCN[C@H](CCCCNC(=O)OC(C)(C)C)C(=O)OC. The monoisotopic (exact) mass is 298 g/mol. The molecule has 0 aliphatic heterocycles. The maximum Gasteiger partial charge on any atom is 0.407 e. The molecule has 21 heavy (non-hydrogen) atoms. The standard InChI is InChI=1S/C15H26N2O4/c1-6-10-16-12(13(18)20-5)9-7-8-11-17-14(19)21-15(2,3)4/h1,12,16H,7-11H2,2-5H3,(H,17,19)/t12-/m1/s1. The molecule has 0 radical (unpaired) electrons. The molecule has 0 saturated heterocycles. The molecule has 0 saturated carbocycles. The zero-order valence-electron chi connectivity index (χ0n) is 13.3. The van der Waals surface area contributed by atoms with Crippen molar-refractivity contribution < 1.29 is 19.1 Å². The van der Waals surface area contributed by atoms with E-state index in [1.54, 1.807) is 0 Å². The Morgan fingerprint density at radius 3 is 2.48 bits per heavy atom. The van der Waals surface area contributed by atoms with Crippen LogP contribution >= 0.6 is 0 Å². The zero-order chi connectivity index (χ0) is 16.3. The van der Waals surface area contributed by atoms with E-state index in [2.05, 4.69) is 16.6 Å². The van der Waals surface area contributed by atoms with Crippen molar-refractivity contribution in [2.45, 2.75) is 51.7 Å². The Morgan fingerprint density at radius 2 is 1.95 bits per heavy atom. The summed E-state index contributed by atoms with van der Waals surface area (Å²) in [6.07, 6.45) is 6.82. The number of nitrogens with one attached hydrogen (secondary N) is 2. The van der Waals surface area contributed by atoms with Gasteiger partial charge in [-0.1, -0.05) is 5.92 Å². The minimum Gasteiger partial charge on any atom is -0.468 e. The van der Waals surface area contributed by atoms with E-state index in [4.69, 9.17) is 15.9 Å². The lowest BCUT2D eigenvalue weighted by Gasteiger charge is -2.19. The van der Waals surface area contributed by atoms with Gasteiger partial charge in [-0.25, -0.2) is 4.79 Å². The Kier molecular flexibility index (Phi) is 9.22. The molecule has 0 aliphatic carbocycles. The molecule has 0 aromatic rings. The fourth-order valence-corrected chi connectivity index (χ4v) is 1.61. The molecule has 120 valence electrons. The van der Waals surface area contributed by atoms with Crippen LogP contribution in [-0.4, -0.2) is 43.9 Å². The van der Waals surface area contributed by atoms with Gasteiger partial charge in [0.25, 0.3) is 0 Å². The summed E-state index contributed by atoms with van der Waals surface area (Å²) in [6.45, 7) is 6.24. The number of amides is 1. The first-order valence-corrected chi connectivity index (χ1v) is 7.01. The highest BCUT2D eigenvalue weighted by molar-refractivity contribution is 5.75. The van der Waals surface area contributed by atoms with Crippen molar-refractivity contribution in [3.05, 3.63) is 0 Å². The number of esters is 1. The largest absolute Gasteiger partial charge is 0.468 e. The summed E-state index contributed by atoms with van der Waals surface area (Å²) in [6, 6.07) is -0.410. The second-order valence-electron chi connectivity index (χ2n) is 5.59. The fourth-order valence-electron chi connectivity index (χ4n) is 1.61. The Balaban J connectivity index is 3.88. The lowest BCUT2D eigenvalue weighted by molar-refractivity contribution is -0.143. The van der Waals surface area contributed by atoms with Crippen molar-refractivity contribution in [2.75, 3.05) is 20.2 Å². The molecule has 6 nitrogen and oxygen atoms in total. The summed E-state index contributed by atoms with van der Waals surface area (Å²) in [7, 11) is 1.34. The van der Waals surface area contributed by atoms with E-state index in [-0.39, 0.29) is 5.97 Å². The number of hydrogen-bond donors (Lipinski definition) is 2. The maximum atomic E-state index is 11.5. The molecule has 0 unspecified atom stereocenters. The summed E-state index contributed by atoms with van der Waals surface area (Å²) < 4.78 is 9.82. The van der Waals surface area contributed by atoms with Crippen molar-refractivity contribution in [1.29, 1.82) is 0 Å². The van der Waals surface area contributed by atoms with Crippen LogP contribution in [0.1, 0.15) is 40.0 Å². The lowest BCUT2D eigenvalue weighted by atomic mass is 10.1. The Bertz CT molecular complexity index is 369. The molecule has 0 aromatic heterocycles. The highest BCUT2D eigenvalue weighted by Gasteiger charge is 2.18. The average Bonchev–Trinajstić information content (AvgIpc) is 2.39. The highest BCUT2D eigenvalue weighted by atomic mass is 16.6. The van der Waals surface area contributed by atoms with Crippen LogP contribution in [0.3, 0.4) is 0 Å². The minimum atomic E-state index is -0.501. The number of ether oxygens (including phenoxy) is 2. The molecule has 0 aliphatic rings. The van der Waals surface area contributed by atoms with Gasteiger partial charge in [0.05, 0.1) is 13.7 Å². The Labute approximate surface area is 126 Å². The van der Waals surface area contributed by atoms with Gasteiger partial charge in [0.15, 0.2) is 0 Å². The molecule has 0 heterocycles. The van der Waals surface area contributed by atoms with E-state index in [9.17, 15) is 9.59 Å². The molecule has 1 amide bonds. The number of carbonyl (C=O) groups excluding carboxylic acids is 2. The molecule has 0 fully saturated rings. The van der Waals surface area contributed by atoms with Crippen LogP contribution in [0.25, 0.3) is 0 Å². The summed E-state index contributed by atoms with van der Waals surface area (Å²) in [5.74, 6) is 2.09. The van der Waals surface area contributed by atoms with Crippen molar-refractivity contribution >= 4 is 12.1 Å². The van der Waals surface area contributed by atoms with Crippen LogP contribution in [0.5, 0.6) is 0 Å². The van der Waals surface area contributed by atoms with Gasteiger partial charge in [0.2, 0.25) is 0 Å². The summed E-state index contributed by atoms with van der Waals surface area (Å²) >= 11 is 0. The zero-order valence-corrected chi connectivity index (χ0v) is 13.3. The van der Waals surface area contributed by atoms with E-state index in [1.165, 1.54) is 7.11 Å². The van der Waals surface area contributed by atoms with Gasteiger partial charge in [-0.3, -0.25) is 10.1 Å². The second-order valence-corrected chi connectivity index (χ2v) is 5.59. The lowest BCUT2D eigenvalue weighted by Crippen LogP contribution is -2.38. The first kappa shape index (κ1) is 19.3. The van der Waals surface area contributed by atoms with Crippen molar-refractivity contribution in [3.63, 3.8) is 0 Å². The molecular formula is C15H26N2O4. The summed E-state index contributed by atoms with van der Waals surface area (Å²) in [5.41, 5.74) is -0.501. The maximum absolute atomic E-state index is 11.5. The highest BCUT2D eigenvalue weighted by Crippen LogP contribution is 2.07. The predicted molar refractivity (Wildman–Crippen MR) is 80.7 cm³/mol. The van der Waals surface area contributed by atoms with Gasteiger partial charge in [-0.2, -0.15) is 0 Å². The molecule has 1 atom stereocenters. The van der Waals surface area contributed by atoms with Crippen LogP contribution in [0.15, 0.2) is 0 Å². The van der Waals surface area contributed by atoms with E-state index in [0.717, 1.165) is 12.8 Å². The third-order valence-electron chi connectivity index (χ3n) is 2.52. The molecular weight excluding hydrogens is 272 g/mol. The number of rotatable bonds is 8. The van der Waals surface area contributed by atoms with Crippen molar-refractivity contribution in [2.24, 2.45) is 0 Å². The van der Waals surface area contributed by atoms with E-state index >= 15 is 0 Å². The average molecular weight is 298 g/mol. The van der Waals surface area contributed by atoms with Crippen LogP contribution in [0.4, 0.5) is 4.79 Å². The van der Waals surface area contributed by atoms with Crippen molar-refractivity contribution in [3.8, 4) is 12.3 Å². The Hall–Kier alpha value is -1.74. The molecule has 6 heteroatoms. The molecule has 0 rings (SSSR count). The quantitative estimate of drug-likeness (QED) is 0.403. The van der Waals surface area contributed by atoms with Crippen LogP contribution < -0.4 is 10.6 Å². The second kappa shape index (κ2) is 10.1. The first-order valence-electron chi connectivity index (χ1n) is 7.01. The minimum absolute atomic E-state index is 0.315. The van der Waals surface area contributed by atoms with Gasteiger partial charge >= 0.3 is 12.1 Å². The normalized spacial score (nSPS) is 12.1. The molecule has 0 spiro atoms. The van der Waals surface area contributed by atoms with Gasteiger partial charge in [-0.05, 0) is 40.0 Å². The van der Waals surface area contributed by atoms with Gasteiger partial charge in [0.1, 0.15) is 11.6 Å². The van der Waals surface area contributed by atoms with Gasteiger partial charge in [-0.15, -0.1) is 6.42 Å². The van der Waals surface area contributed by atoms with Gasteiger partial charge in [0, 0.05) is 6.54 Å². The summed E-state index contributed by atoms with van der Waals surface area (Å²) in [4.78, 5) is 22.9. The number of hydrogen-bond acceptors (Lipinski definition) is 5. The van der Waals surface area contributed by atoms with E-state index in [0.29, 0.717) is 19.5 Å². The smallest absolute Gasteiger partial charge is 0.407 e. The van der Waals surface area contributed by atoms with Crippen LogP contribution in [0, 0.1) is 12.3 Å². The number of methoxy groups -OCH3 is 1. The van der Waals surface area contributed by atoms with E-state index in [1.807, 2.05) is 20.8 Å². The number of alkyl carbamates (subject to hydrolysis) is 1. The first-order chi connectivity index (χ1) is 9.80. The molecule has 2 N–H and O–H groups in total. The van der Waals surface area contributed by atoms with Crippen LogP contribution in [0.2, 0.25) is 0 Å². The molecule has 0 bridgehead atoms. The number of terminal acetylenes is 1. The third kappa shape index (κ3) is 10.7. The predicted octanol–water partition coefficient (Wildman–Crippen LogP) is 1.45. The Morgan fingerprint density at radius 1 is 1.29 bits per heavy atom. The number of unbranched alkanes of at least 4 members (excludes halogenated alkanes) is 1. The fraction of sp³-hybridized carbons (Fsp3) is 0.733. The van der Waals surface area contributed by atoms with Crippen LogP contribution in [-0.2, 0) is 14.3 Å². The molecule has 0 aromatic carbocycles. The third-order valence-corrected chi connectivity index (χ3v) is 2.52.